The van der Waals surface area contributed by atoms with Crippen LogP contribution in [-0.2, 0) is 13.0 Å². The molecule has 0 amide bonds. The Balaban J connectivity index is 1.76. The largest absolute Gasteiger partial charge is 0.449 e. The van der Waals surface area contributed by atoms with Crippen LogP contribution in [0.1, 0.15) is 30.8 Å². The summed E-state index contributed by atoms with van der Waals surface area (Å²) >= 11 is 0. The lowest BCUT2D eigenvalue weighted by Gasteiger charge is -2.25. The number of nitrogens with zero attached hydrogens (tertiary/aromatic N) is 2. The molecule has 0 aliphatic carbocycles. The van der Waals surface area contributed by atoms with E-state index in [1.807, 2.05) is 0 Å². The number of likely N-dealkylation sites (tertiary alicyclic amines) is 1. The molecule has 2 heterocycles. The molecular formula is C11H19N3O. The van der Waals surface area contributed by atoms with E-state index in [0.717, 1.165) is 24.6 Å². The molecule has 15 heavy (non-hydrogen) atoms. The van der Waals surface area contributed by atoms with Gasteiger partial charge in [-0.3, -0.25) is 0 Å². The standard InChI is InChI=1S/C11H19N3O/c12-8-10-9-15-11(13-10)4-7-14-5-2-1-3-6-14/h9H,1-8,12H2. The van der Waals surface area contributed by atoms with E-state index in [0.29, 0.717) is 6.54 Å². The highest BCUT2D eigenvalue weighted by molar-refractivity contribution is 4.95. The van der Waals surface area contributed by atoms with E-state index in [-0.39, 0.29) is 0 Å². The monoisotopic (exact) mass is 209 g/mol. The van der Waals surface area contributed by atoms with Crippen molar-refractivity contribution in [1.29, 1.82) is 0 Å². The van der Waals surface area contributed by atoms with Crippen LogP contribution in [0.4, 0.5) is 0 Å². The third-order valence-corrected chi connectivity index (χ3v) is 2.90. The van der Waals surface area contributed by atoms with Gasteiger partial charge in [-0.05, 0) is 25.9 Å². The first-order valence-corrected chi connectivity index (χ1v) is 5.74. The minimum absolute atomic E-state index is 0.465. The molecule has 1 aromatic rings. The van der Waals surface area contributed by atoms with Gasteiger partial charge in [-0.2, -0.15) is 0 Å². The highest BCUT2D eigenvalue weighted by atomic mass is 16.3. The van der Waals surface area contributed by atoms with Gasteiger partial charge < -0.3 is 15.1 Å². The van der Waals surface area contributed by atoms with Crippen LogP contribution >= 0.6 is 0 Å². The Morgan fingerprint density at radius 3 is 2.80 bits per heavy atom. The maximum atomic E-state index is 5.47. The second kappa shape index (κ2) is 5.28. The van der Waals surface area contributed by atoms with Crippen molar-refractivity contribution < 1.29 is 4.42 Å². The van der Waals surface area contributed by atoms with E-state index in [1.54, 1.807) is 6.26 Å². The zero-order chi connectivity index (χ0) is 10.5. The summed E-state index contributed by atoms with van der Waals surface area (Å²) in [6.07, 6.45) is 6.61. The lowest BCUT2D eigenvalue weighted by atomic mass is 10.1. The van der Waals surface area contributed by atoms with E-state index in [4.69, 9.17) is 10.2 Å². The van der Waals surface area contributed by atoms with E-state index >= 15 is 0 Å². The fourth-order valence-corrected chi connectivity index (χ4v) is 1.99. The Labute approximate surface area is 90.5 Å². The number of piperidine rings is 1. The molecule has 2 rings (SSSR count). The SMILES string of the molecule is NCc1coc(CCN2CCCCC2)n1. The van der Waals surface area contributed by atoms with Crippen molar-refractivity contribution in [3.8, 4) is 0 Å². The van der Waals surface area contributed by atoms with Gasteiger partial charge in [-0.15, -0.1) is 0 Å². The Morgan fingerprint density at radius 1 is 1.33 bits per heavy atom. The summed E-state index contributed by atoms with van der Waals surface area (Å²) in [5.74, 6) is 0.820. The first-order chi connectivity index (χ1) is 7.38. The molecule has 1 aromatic heterocycles. The van der Waals surface area contributed by atoms with Gasteiger partial charge in [-0.1, -0.05) is 6.42 Å². The topological polar surface area (TPSA) is 55.3 Å². The van der Waals surface area contributed by atoms with Crippen molar-refractivity contribution in [2.45, 2.75) is 32.2 Å². The maximum absolute atomic E-state index is 5.47. The lowest BCUT2D eigenvalue weighted by Crippen LogP contribution is -2.31. The van der Waals surface area contributed by atoms with Crippen LogP contribution in [0.15, 0.2) is 10.7 Å². The highest BCUT2D eigenvalue weighted by Gasteiger charge is 2.11. The van der Waals surface area contributed by atoms with Crippen molar-refractivity contribution >= 4 is 0 Å². The minimum atomic E-state index is 0.465. The van der Waals surface area contributed by atoms with Crippen molar-refractivity contribution in [2.75, 3.05) is 19.6 Å². The average molecular weight is 209 g/mol. The molecule has 0 bridgehead atoms. The molecule has 1 fully saturated rings. The Bertz CT molecular complexity index is 292. The molecule has 0 radical (unpaired) electrons. The van der Waals surface area contributed by atoms with E-state index < -0.39 is 0 Å². The van der Waals surface area contributed by atoms with Crippen molar-refractivity contribution in [3.05, 3.63) is 17.8 Å². The predicted octanol–water partition coefficient (Wildman–Crippen LogP) is 1.16. The fraction of sp³-hybridized carbons (Fsp3) is 0.727. The Hall–Kier alpha value is -0.870. The summed E-state index contributed by atoms with van der Waals surface area (Å²) in [4.78, 5) is 6.78. The van der Waals surface area contributed by atoms with Gasteiger partial charge in [0.15, 0.2) is 5.89 Å². The number of aromatic nitrogens is 1. The summed E-state index contributed by atoms with van der Waals surface area (Å²) in [6.45, 7) is 3.98. The molecule has 4 heteroatoms. The highest BCUT2D eigenvalue weighted by Crippen LogP contribution is 2.10. The Kier molecular flexibility index (Phi) is 3.75. The van der Waals surface area contributed by atoms with Crippen LogP contribution in [0, 0.1) is 0 Å². The fourth-order valence-electron chi connectivity index (χ4n) is 1.99. The third-order valence-electron chi connectivity index (χ3n) is 2.90. The van der Waals surface area contributed by atoms with Gasteiger partial charge in [0.05, 0.1) is 5.69 Å². The first-order valence-electron chi connectivity index (χ1n) is 5.74. The van der Waals surface area contributed by atoms with Crippen molar-refractivity contribution in [3.63, 3.8) is 0 Å². The van der Waals surface area contributed by atoms with Crippen molar-refractivity contribution in [2.24, 2.45) is 5.73 Å². The van der Waals surface area contributed by atoms with E-state index in [2.05, 4.69) is 9.88 Å². The van der Waals surface area contributed by atoms with Crippen LogP contribution in [0.5, 0.6) is 0 Å². The first kappa shape index (κ1) is 10.6. The molecule has 1 aliphatic rings. The number of hydrogen-bond acceptors (Lipinski definition) is 4. The average Bonchev–Trinajstić information content (AvgIpc) is 2.76. The number of hydrogen-bond donors (Lipinski definition) is 1. The molecule has 4 nitrogen and oxygen atoms in total. The van der Waals surface area contributed by atoms with Crippen LogP contribution in [-0.4, -0.2) is 29.5 Å². The van der Waals surface area contributed by atoms with Gasteiger partial charge in [0.1, 0.15) is 6.26 Å². The van der Waals surface area contributed by atoms with Gasteiger partial charge in [0.2, 0.25) is 0 Å². The van der Waals surface area contributed by atoms with Crippen molar-refractivity contribution in [1.82, 2.24) is 9.88 Å². The number of oxazole rings is 1. The van der Waals surface area contributed by atoms with E-state index in [1.165, 1.54) is 32.4 Å². The summed E-state index contributed by atoms with van der Waals surface area (Å²) in [5, 5.41) is 0. The molecule has 1 saturated heterocycles. The van der Waals surface area contributed by atoms with Gasteiger partial charge in [-0.25, -0.2) is 4.98 Å². The molecule has 0 saturated carbocycles. The second-order valence-corrected chi connectivity index (χ2v) is 4.09. The Morgan fingerprint density at radius 2 is 2.13 bits per heavy atom. The normalized spacial score (nSPS) is 18.2. The molecule has 2 N–H and O–H groups in total. The summed E-state index contributed by atoms with van der Waals surface area (Å²) in [5.41, 5.74) is 6.32. The minimum Gasteiger partial charge on any atom is -0.449 e. The molecule has 0 atom stereocenters. The molecule has 0 unspecified atom stereocenters. The number of nitrogens with two attached hydrogens (primary N) is 1. The van der Waals surface area contributed by atoms with Crippen LogP contribution in [0.2, 0.25) is 0 Å². The zero-order valence-corrected chi connectivity index (χ0v) is 9.11. The summed E-state index contributed by atoms with van der Waals surface area (Å²) in [7, 11) is 0. The zero-order valence-electron chi connectivity index (χ0n) is 9.11. The van der Waals surface area contributed by atoms with Gasteiger partial charge >= 0.3 is 0 Å². The lowest BCUT2D eigenvalue weighted by molar-refractivity contribution is 0.226. The molecule has 1 aliphatic heterocycles. The summed E-state index contributed by atoms with van der Waals surface area (Å²) < 4.78 is 5.33. The second-order valence-electron chi connectivity index (χ2n) is 4.09. The van der Waals surface area contributed by atoms with Crippen LogP contribution in [0.25, 0.3) is 0 Å². The molecule has 84 valence electrons. The quantitative estimate of drug-likeness (QED) is 0.808. The van der Waals surface area contributed by atoms with E-state index in [9.17, 15) is 0 Å². The van der Waals surface area contributed by atoms with Gasteiger partial charge in [0.25, 0.3) is 0 Å². The van der Waals surface area contributed by atoms with Crippen LogP contribution in [0.3, 0.4) is 0 Å². The smallest absolute Gasteiger partial charge is 0.195 e. The van der Waals surface area contributed by atoms with Gasteiger partial charge in [0, 0.05) is 19.5 Å². The number of rotatable bonds is 4. The third kappa shape index (κ3) is 3.04. The predicted molar refractivity (Wildman–Crippen MR) is 58.4 cm³/mol. The summed E-state index contributed by atoms with van der Waals surface area (Å²) in [6, 6.07) is 0. The maximum Gasteiger partial charge on any atom is 0.195 e. The molecular weight excluding hydrogens is 190 g/mol. The van der Waals surface area contributed by atoms with Crippen LogP contribution < -0.4 is 5.73 Å². The molecule has 0 spiro atoms. The molecule has 0 aromatic carbocycles.